The fraction of sp³-hybridized carbons (Fsp3) is 0.364. The summed E-state index contributed by atoms with van der Waals surface area (Å²) >= 11 is 5.79. The van der Waals surface area contributed by atoms with E-state index in [0.29, 0.717) is 40.7 Å². The van der Waals surface area contributed by atoms with Crippen molar-refractivity contribution < 1.29 is 18.0 Å². The van der Waals surface area contributed by atoms with E-state index in [1.807, 2.05) is 45.0 Å². The Bertz CT molecular complexity index is 1960. The zero-order chi connectivity index (χ0) is 33.5. The van der Waals surface area contributed by atoms with Gasteiger partial charge in [-0.15, -0.1) is 0 Å². The van der Waals surface area contributed by atoms with Crippen molar-refractivity contribution in [3.8, 4) is 17.1 Å². The smallest absolute Gasteiger partial charge is 0.330 e. The van der Waals surface area contributed by atoms with Crippen LogP contribution in [0.25, 0.3) is 22.7 Å². The number of aromatic nitrogens is 6. The maximum absolute atomic E-state index is 14.3. The SMILES string of the molecule is CC.Cc1nc(-c2ccc(-n3c(=O)c4c(n5ncc(CC(C)C)c35)CN(C(=O)c3ccc(Cl)c(C(F)(F)F)c3)C(C)C4)cc2)n[nH]1. The second-order valence-electron chi connectivity index (χ2n) is 11.5. The van der Waals surface area contributed by atoms with Crippen molar-refractivity contribution >= 4 is 23.2 Å². The first-order chi connectivity index (χ1) is 21.8. The molecule has 1 aliphatic rings. The topological polar surface area (TPSA) is 101 Å². The van der Waals surface area contributed by atoms with Gasteiger partial charge in [0.25, 0.3) is 11.5 Å². The molecular weight excluding hydrogens is 619 g/mol. The summed E-state index contributed by atoms with van der Waals surface area (Å²) in [5.41, 5.74) is 2.44. The highest BCUT2D eigenvalue weighted by Gasteiger charge is 2.36. The first-order valence-corrected chi connectivity index (χ1v) is 15.5. The molecule has 46 heavy (non-hydrogen) atoms. The quantitative estimate of drug-likeness (QED) is 0.219. The van der Waals surface area contributed by atoms with E-state index in [0.717, 1.165) is 23.3 Å². The summed E-state index contributed by atoms with van der Waals surface area (Å²) in [7, 11) is 0. The third kappa shape index (κ3) is 6.05. The lowest BCUT2D eigenvalue weighted by atomic mass is 9.97. The largest absolute Gasteiger partial charge is 0.417 e. The number of amides is 1. The van der Waals surface area contributed by atoms with Crippen LogP contribution in [0.5, 0.6) is 0 Å². The minimum Gasteiger partial charge on any atom is -0.330 e. The molecule has 0 spiro atoms. The number of alkyl halides is 3. The first kappa shape index (κ1) is 32.9. The van der Waals surface area contributed by atoms with Gasteiger partial charge in [-0.05, 0) is 75.1 Å². The Morgan fingerprint density at radius 3 is 2.43 bits per heavy atom. The zero-order valence-electron chi connectivity index (χ0n) is 26.4. The van der Waals surface area contributed by atoms with Gasteiger partial charge in [0.15, 0.2) is 5.82 Å². The van der Waals surface area contributed by atoms with Crippen LogP contribution in [0.4, 0.5) is 13.2 Å². The molecule has 1 unspecified atom stereocenters. The second kappa shape index (κ2) is 12.7. The molecule has 1 N–H and O–H groups in total. The number of H-pyrrole nitrogens is 1. The number of hydrogen-bond donors (Lipinski definition) is 1. The molecule has 2 aromatic carbocycles. The lowest BCUT2D eigenvalue weighted by Crippen LogP contribution is -2.46. The Morgan fingerprint density at radius 2 is 1.83 bits per heavy atom. The summed E-state index contributed by atoms with van der Waals surface area (Å²) in [4.78, 5) is 33.7. The monoisotopic (exact) mass is 653 g/mol. The molecule has 0 bridgehead atoms. The third-order valence-corrected chi connectivity index (χ3v) is 8.16. The number of nitrogens with zero attached hydrogens (tertiary/aromatic N) is 6. The van der Waals surface area contributed by atoms with Crippen molar-refractivity contribution in [2.45, 2.75) is 73.1 Å². The average Bonchev–Trinajstić information content (AvgIpc) is 3.64. The van der Waals surface area contributed by atoms with Crippen LogP contribution in [0.15, 0.2) is 53.5 Å². The van der Waals surface area contributed by atoms with Crippen LogP contribution in [-0.2, 0) is 25.6 Å². The second-order valence-corrected chi connectivity index (χ2v) is 11.9. The Labute approximate surface area is 269 Å². The Balaban J connectivity index is 0.00000204. The van der Waals surface area contributed by atoms with E-state index in [4.69, 9.17) is 11.6 Å². The van der Waals surface area contributed by atoms with Gasteiger partial charge < -0.3 is 4.90 Å². The van der Waals surface area contributed by atoms with E-state index in [-0.39, 0.29) is 30.0 Å². The molecule has 0 saturated carbocycles. The van der Waals surface area contributed by atoms with Crippen LogP contribution >= 0.6 is 11.6 Å². The van der Waals surface area contributed by atoms with Crippen molar-refractivity contribution in [2.24, 2.45) is 5.92 Å². The summed E-state index contributed by atoms with van der Waals surface area (Å²) in [6.45, 7) is 11.7. The molecule has 0 aliphatic carbocycles. The van der Waals surface area contributed by atoms with Crippen LogP contribution in [0, 0.1) is 12.8 Å². The first-order valence-electron chi connectivity index (χ1n) is 15.1. The number of fused-ring (bicyclic) bond motifs is 3. The molecule has 242 valence electrons. The highest BCUT2D eigenvalue weighted by molar-refractivity contribution is 6.31. The van der Waals surface area contributed by atoms with Crippen LogP contribution in [-0.4, -0.2) is 46.2 Å². The van der Waals surface area contributed by atoms with E-state index in [1.54, 1.807) is 22.2 Å². The van der Waals surface area contributed by atoms with Crippen molar-refractivity contribution in [1.82, 2.24) is 34.3 Å². The van der Waals surface area contributed by atoms with Gasteiger partial charge >= 0.3 is 6.18 Å². The number of halogens is 4. The molecule has 6 rings (SSSR count). The van der Waals surface area contributed by atoms with Gasteiger partial charge in [0.1, 0.15) is 11.5 Å². The Hall–Kier alpha value is -4.45. The summed E-state index contributed by atoms with van der Waals surface area (Å²) < 4.78 is 44.0. The van der Waals surface area contributed by atoms with E-state index in [2.05, 4.69) is 34.1 Å². The number of aromatic amines is 1. The minimum atomic E-state index is -4.71. The number of benzene rings is 2. The van der Waals surface area contributed by atoms with Gasteiger partial charge in [0, 0.05) is 28.3 Å². The number of rotatable bonds is 5. The predicted molar refractivity (Wildman–Crippen MR) is 170 cm³/mol. The van der Waals surface area contributed by atoms with Crippen LogP contribution in [0.1, 0.15) is 73.2 Å². The van der Waals surface area contributed by atoms with Crippen LogP contribution < -0.4 is 5.56 Å². The van der Waals surface area contributed by atoms with E-state index in [9.17, 15) is 22.8 Å². The molecular formula is C33H35ClF3N7O2. The highest BCUT2D eigenvalue weighted by atomic mass is 35.5. The summed E-state index contributed by atoms with van der Waals surface area (Å²) in [5.74, 6) is 0.913. The van der Waals surface area contributed by atoms with Gasteiger partial charge in [-0.1, -0.05) is 39.3 Å². The van der Waals surface area contributed by atoms with E-state index in [1.165, 1.54) is 11.0 Å². The summed E-state index contributed by atoms with van der Waals surface area (Å²) in [6, 6.07) is 10.0. The van der Waals surface area contributed by atoms with E-state index >= 15 is 0 Å². The van der Waals surface area contributed by atoms with Gasteiger partial charge in [0.2, 0.25) is 0 Å². The molecule has 4 heterocycles. The molecule has 0 saturated heterocycles. The summed E-state index contributed by atoms with van der Waals surface area (Å²) in [6.07, 6.45) is -2.13. The molecule has 0 radical (unpaired) electrons. The average molecular weight is 654 g/mol. The van der Waals surface area contributed by atoms with Gasteiger partial charge in [0.05, 0.1) is 34.7 Å². The number of aryl methyl sites for hydroxylation is 1. The summed E-state index contributed by atoms with van der Waals surface area (Å²) in [5, 5.41) is 11.2. The van der Waals surface area contributed by atoms with Gasteiger partial charge in [-0.2, -0.15) is 23.4 Å². The molecule has 1 atom stereocenters. The predicted octanol–water partition coefficient (Wildman–Crippen LogP) is 7.06. The zero-order valence-corrected chi connectivity index (χ0v) is 27.2. The minimum absolute atomic E-state index is 0.00218. The maximum Gasteiger partial charge on any atom is 0.417 e. The van der Waals surface area contributed by atoms with Gasteiger partial charge in [-0.25, -0.2) is 9.50 Å². The number of carbonyl (C=O) groups is 1. The van der Waals surface area contributed by atoms with Crippen LogP contribution in [0.2, 0.25) is 5.02 Å². The van der Waals surface area contributed by atoms with Gasteiger partial charge in [-0.3, -0.25) is 19.3 Å². The normalized spacial score (nSPS) is 14.8. The highest BCUT2D eigenvalue weighted by Crippen LogP contribution is 2.36. The number of carbonyl (C=O) groups excluding carboxylic acids is 1. The molecule has 5 aromatic rings. The Morgan fingerprint density at radius 1 is 1.13 bits per heavy atom. The molecule has 9 nitrogen and oxygen atoms in total. The van der Waals surface area contributed by atoms with Crippen molar-refractivity contribution in [3.63, 3.8) is 0 Å². The molecule has 3 aromatic heterocycles. The van der Waals surface area contributed by atoms with E-state index < -0.39 is 28.7 Å². The molecule has 1 amide bonds. The fourth-order valence-corrected chi connectivity index (χ4v) is 5.98. The molecule has 0 fully saturated rings. The fourth-order valence-electron chi connectivity index (χ4n) is 5.75. The van der Waals surface area contributed by atoms with Crippen LogP contribution in [0.3, 0.4) is 0 Å². The molecule has 1 aliphatic heterocycles. The Kier molecular flexibility index (Phi) is 9.12. The van der Waals surface area contributed by atoms with Crippen molar-refractivity contribution in [1.29, 1.82) is 0 Å². The lowest BCUT2D eigenvalue weighted by molar-refractivity contribution is -0.137. The lowest BCUT2D eigenvalue weighted by Gasteiger charge is -2.35. The number of hydrogen-bond acceptors (Lipinski definition) is 5. The van der Waals surface area contributed by atoms with Crippen molar-refractivity contribution in [2.75, 3.05) is 0 Å². The third-order valence-electron chi connectivity index (χ3n) is 7.83. The van der Waals surface area contributed by atoms with Crippen molar-refractivity contribution in [3.05, 3.63) is 97.8 Å². The standard InChI is InChI=1S/C31H29ClF3N7O2.C2H6/c1-16(2)11-21-14-36-42-26-15-40(29(43)20-7-10-25(32)24(13-20)31(33,34)35)17(3)12-23(26)30(44)41(28(21)42)22-8-5-19(6-9-22)27-37-18(4)38-39-27;1-2/h5-10,13-14,16-17H,11-12,15H2,1-4H3,(H,37,38,39);1-2H3. The maximum atomic E-state index is 14.3. The molecule has 13 heteroatoms. The number of nitrogens with one attached hydrogen (secondary N) is 1.